The van der Waals surface area contributed by atoms with Crippen LogP contribution in [-0.4, -0.2) is 37.4 Å². The van der Waals surface area contributed by atoms with Crippen LogP contribution < -0.4 is 14.4 Å². The van der Waals surface area contributed by atoms with Crippen LogP contribution in [0, 0.1) is 17.2 Å². The molecule has 1 unspecified atom stereocenters. The lowest BCUT2D eigenvalue weighted by atomic mass is 10.1. The second kappa shape index (κ2) is 8.78. The Morgan fingerprint density at radius 2 is 1.95 bits per heavy atom. The molecule has 1 aromatic carbocycles. The quantitative estimate of drug-likeness (QED) is 0.706. The van der Waals surface area contributed by atoms with E-state index < -0.39 is 11.9 Å². The van der Waals surface area contributed by atoms with Gasteiger partial charge < -0.3 is 19.5 Å². The van der Waals surface area contributed by atoms with Crippen molar-refractivity contribution in [3.05, 3.63) is 18.2 Å². The van der Waals surface area contributed by atoms with Crippen LogP contribution in [0.25, 0.3) is 0 Å². The van der Waals surface area contributed by atoms with Crippen LogP contribution in [0.15, 0.2) is 18.2 Å². The molecule has 22 heavy (non-hydrogen) atoms. The number of carboxylic acids is 1. The standard InChI is InChI=1S/C16H22N2O4/c1-4-21-14-7-6-13(10-15(14)22-5-2)18(9-8-17)11-12(3)16(19)20/h6-7,10,12H,4-5,9,11H2,1-3H3,(H,19,20). The fourth-order valence-electron chi connectivity index (χ4n) is 1.99. The Bertz CT molecular complexity index is 539. The Balaban J connectivity index is 3.06. The number of anilines is 1. The van der Waals surface area contributed by atoms with Crippen molar-refractivity contribution in [1.29, 1.82) is 5.26 Å². The third kappa shape index (κ3) is 4.85. The van der Waals surface area contributed by atoms with Crippen molar-refractivity contribution in [3.63, 3.8) is 0 Å². The summed E-state index contributed by atoms with van der Waals surface area (Å²) in [5.74, 6) is -0.238. The highest BCUT2D eigenvalue weighted by atomic mass is 16.5. The monoisotopic (exact) mass is 306 g/mol. The summed E-state index contributed by atoms with van der Waals surface area (Å²) in [5.41, 5.74) is 0.738. The smallest absolute Gasteiger partial charge is 0.308 e. The van der Waals surface area contributed by atoms with Crippen LogP contribution >= 0.6 is 0 Å². The fourth-order valence-corrected chi connectivity index (χ4v) is 1.99. The first kappa shape index (κ1) is 17.6. The number of aliphatic carboxylic acids is 1. The maximum Gasteiger partial charge on any atom is 0.308 e. The highest BCUT2D eigenvalue weighted by Crippen LogP contribution is 2.32. The van der Waals surface area contributed by atoms with Crippen LogP contribution in [0.4, 0.5) is 5.69 Å². The molecule has 0 radical (unpaired) electrons. The Morgan fingerprint density at radius 3 is 2.50 bits per heavy atom. The van der Waals surface area contributed by atoms with Gasteiger partial charge in [0.2, 0.25) is 0 Å². The molecule has 0 amide bonds. The van der Waals surface area contributed by atoms with E-state index >= 15 is 0 Å². The van der Waals surface area contributed by atoms with Crippen molar-refractivity contribution in [2.45, 2.75) is 20.8 Å². The highest BCUT2D eigenvalue weighted by molar-refractivity contribution is 5.70. The van der Waals surface area contributed by atoms with Crippen LogP contribution in [0.1, 0.15) is 20.8 Å². The summed E-state index contributed by atoms with van der Waals surface area (Å²) in [5, 5.41) is 18.0. The van der Waals surface area contributed by atoms with Crippen molar-refractivity contribution < 1.29 is 19.4 Å². The van der Waals surface area contributed by atoms with Gasteiger partial charge in [-0.15, -0.1) is 0 Å². The summed E-state index contributed by atoms with van der Waals surface area (Å²) in [4.78, 5) is 12.7. The van der Waals surface area contributed by atoms with E-state index in [1.54, 1.807) is 30.0 Å². The lowest BCUT2D eigenvalue weighted by Crippen LogP contribution is -2.32. The number of nitriles is 1. The molecule has 0 fully saturated rings. The molecule has 0 heterocycles. The first-order valence-corrected chi connectivity index (χ1v) is 7.27. The van der Waals surface area contributed by atoms with E-state index in [2.05, 4.69) is 6.07 Å². The number of carboxylic acid groups (broad SMARTS) is 1. The maximum atomic E-state index is 11.0. The van der Waals surface area contributed by atoms with Gasteiger partial charge in [0.1, 0.15) is 6.54 Å². The Morgan fingerprint density at radius 1 is 1.32 bits per heavy atom. The van der Waals surface area contributed by atoms with Gasteiger partial charge in [0.15, 0.2) is 11.5 Å². The van der Waals surface area contributed by atoms with Crippen LogP contribution in [0.3, 0.4) is 0 Å². The van der Waals surface area contributed by atoms with Crippen molar-refractivity contribution in [2.75, 3.05) is 31.2 Å². The minimum absolute atomic E-state index is 0.108. The molecule has 0 aliphatic carbocycles. The predicted octanol–water partition coefficient (Wildman–Crippen LogP) is 2.53. The summed E-state index contributed by atoms with van der Waals surface area (Å²) in [7, 11) is 0. The zero-order valence-electron chi connectivity index (χ0n) is 13.2. The minimum Gasteiger partial charge on any atom is -0.490 e. The van der Waals surface area contributed by atoms with Crippen molar-refractivity contribution in [3.8, 4) is 17.6 Å². The summed E-state index contributed by atoms with van der Waals surface area (Å²) in [6, 6.07) is 7.42. The summed E-state index contributed by atoms with van der Waals surface area (Å²) in [6.07, 6.45) is 0. The lowest BCUT2D eigenvalue weighted by Gasteiger charge is -2.25. The minimum atomic E-state index is -0.890. The first-order chi connectivity index (χ1) is 10.5. The zero-order valence-corrected chi connectivity index (χ0v) is 13.2. The van der Waals surface area contributed by atoms with E-state index in [9.17, 15) is 4.79 Å². The summed E-state index contributed by atoms with van der Waals surface area (Å²) in [6.45, 7) is 6.76. The highest BCUT2D eigenvalue weighted by Gasteiger charge is 2.18. The molecule has 0 spiro atoms. The van der Waals surface area contributed by atoms with Gasteiger partial charge in [-0.1, -0.05) is 6.92 Å². The molecule has 0 aliphatic heterocycles. The van der Waals surface area contributed by atoms with Gasteiger partial charge in [0.25, 0.3) is 0 Å². The maximum absolute atomic E-state index is 11.0. The van der Waals surface area contributed by atoms with E-state index in [1.807, 2.05) is 13.8 Å². The topological polar surface area (TPSA) is 82.8 Å². The molecule has 1 atom stereocenters. The molecule has 1 N–H and O–H groups in total. The average Bonchev–Trinajstić information content (AvgIpc) is 2.49. The normalized spacial score (nSPS) is 11.4. The molecule has 0 bridgehead atoms. The molecule has 1 rings (SSSR count). The second-order valence-corrected chi connectivity index (χ2v) is 4.77. The van der Waals surface area contributed by atoms with Gasteiger partial charge in [-0.3, -0.25) is 4.79 Å². The summed E-state index contributed by atoms with van der Waals surface area (Å²) >= 11 is 0. The molecular weight excluding hydrogens is 284 g/mol. The second-order valence-electron chi connectivity index (χ2n) is 4.77. The Labute approximate surface area is 130 Å². The molecule has 0 aromatic heterocycles. The molecule has 0 aliphatic rings. The first-order valence-electron chi connectivity index (χ1n) is 7.27. The molecule has 6 heteroatoms. The van der Waals surface area contributed by atoms with Gasteiger partial charge >= 0.3 is 5.97 Å². The number of hydrogen-bond donors (Lipinski definition) is 1. The van der Waals surface area contributed by atoms with Gasteiger partial charge in [-0.05, 0) is 26.0 Å². The van der Waals surface area contributed by atoms with Crippen molar-refractivity contribution >= 4 is 11.7 Å². The van der Waals surface area contributed by atoms with Crippen LogP contribution in [0.5, 0.6) is 11.5 Å². The number of ether oxygens (including phenoxy) is 2. The SMILES string of the molecule is CCOc1ccc(N(CC#N)CC(C)C(=O)O)cc1OCC. The van der Waals surface area contributed by atoms with Crippen LogP contribution in [0.2, 0.25) is 0 Å². The van der Waals surface area contributed by atoms with E-state index in [4.69, 9.17) is 19.8 Å². The third-order valence-electron chi connectivity index (χ3n) is 3.07. The molecule has 0 saturated carbocycles. The number of nitrogens with zero attached hydrogens (tertiary/aromatic N) is 2. The average molecular weight is 306 g/mol. The summed E-state index contributed by atoms with van der Waals surface area (Å²) < 4.78 is 11.1. The fraction of sp³-hybridized carbons (Fsp3) is 0.500. The molecule has 0 saturated heterocycles. The third-order valence-corrected chi connectivity index (χ3v) is 3.07. The lowest BCUT2D eigenvalue weighted by molar-refractivity contribution is -0.140. The van der Waals surface area contributed by atoms with Gasteiger partial charge in [-0.2, -0.15) is 5.26 Å². The molecule has 6 nitrogen and oxygen atoms in total. The van der Waals surface area contributed by atoms with Gasteiger partial charge in [0, 0.05) is 18.3 Å². The molecule has 1 aromatic rings. The van der Waals surface area contributed by atoms with E-state index in [0.29, 0.717) is 24.7 Å². The largest absolute Gasteiger partial charge is 0.490 e. The van der Waals surface area contributed by atoms with E-state index in [-0.39, 0.29) is 13.1 Å². The molecular formula is C16H22N2O4. The Kier molecular flexibility index (Phi) is 7.03. The predicted molar refractivity (Wildman–Crippen MR) is 83.4 cm³/mol. The zero-order chi connectivity index (χ0) is 16.5. The number of rotatable bonds is 9. The molecule has 120 valence electrons. The van der Waals surface area contributed by atoms with E-state index in [1.165, 1.54) is 0 Å². The number of carbonyl (C=O) groups is 1. The van der Waals surface area contributed by atoms with Gasteiger partial charge in [-0.25, -0.2) is 0 Å². The van der Waals surface area contributed by atoms with E-state index in [0.717, 1.165) is 5.69 Å². The van der Waals surface area contributed by atoms with Gasteiger partial charge in [0.05, 0.1) is 25.2 Å². The number of hydrogen-bond acceptors (Lipinski definition) is 5. The number of benzene rings is 1. The van der Waals surface area contributed by atoms with Crippen LogP contribution in [-0.2, 0) is 4.79 Å². The van der Waals surface area contributed by atoms with Crippen molar-refractivity contribution in [2.24, 2.45) is 5.92 Å². The van der Waals surface area contributed by atoms with Crippen molar-refractivity contribution in [1.82, 2.24) is 0 Å². The Hall–Kier alpha value is -2.42.